The van der Waals surface area contributed by atoms with Crippen LogP contribution in [0, 0.1) is 0 Å². The zero-order valence-electron chi connectivity index (χ0n) is 5.46. The second kappa shape index (κ2) is 3.07. The fraction of sp³-hybridized carbons (Fsp3) is 0.286. The number of nitrogens with one attached hydrogen (secondary N) is 1. The lowest BCUT2D eigenvalue weighted by molar-refractivity contribution is 0.931. The van der Waals surface area contributed by atoms with E-state index in [1.807, 2.05) is 25.3 Å². The molecule has 0 aliphatic carbocycles. The van der Waals surface area contributed by atoms with E-state index in [0.717, 1.165) is 12.2 Å². The molecular weight excluding hydrogens is 112 g/mol. The van der Waals surface area contributed by atoms with Crippen molar-refractivity contribution in [3.63, 3.8) is 0 Å². The molecule has 0 saturated carbocycles. The summed E-state index contributed by atoms with van der Waals surface area (Å²) in [4.78, 5) is 4.08. The molecule has 0 aromatic carbocycles. The van der Waals surface area contributed by atoms with Gasteiger partial charge in [-0.15, -0.1) is 0 Å². The van der Waals surface area contributed by atoms with Crippen LogP contribution in [0.25, 0.3) is 0 Å². The Morgan fingerprint density at radius 3 is 3.22 bits per heavy atom. The average molecular weight is 122 g/mol. The largest absolute Gasteiger partial charge is 0.390 e. The summed E-state index contributed by atoms with van der Waals surface area (Å²) < 4.78 is 0. The Morgan fingerprint density at radius 1 is 1.56 bits per heavy atom. The van der Waals surface area contributed by atoms with Gasteiger partial charge in [0.2, 0.25) is 0 Å². The van der Waals surface area contributed by atoms with Crippen LogP contribution in [0.5, 0.6) is 0 Å². The van der Waals surface area contributed by atoms with Gasteiger partial charge in [0, 0.05) is 19.0 Å². The summed E-state index contributed by atoms with van der Waals surface area (Å²) in [6, 6.07) is 0. The molecule has 48 valence electrons. The fourth-order valence-electron chi connectivity index (χ4n) is 0.648. The van der Waals surface area contributed by atoms with Crippen LogP contribution in [0.2, 0.25) is 0 Å². The smallest absolute Gasteiger partial charge is 0.0786 e. The quantitative estimate of drug-likeness (QED) is 0.544. The maximum atomic E-state index is 4.08. The van der Waals surface area contributed by atoms with Crippen molar-refractivity contribution in [2.75, 3.05) is 13.6 Å². The fourth-order valence-corrected chi connectivity index (χ4v) is 0.648. The maximum absolute atomic E-state index is 4.08. The summed E-state index contributed by atoms with van der Waals surface area (Å²) in [5.41, 5.74) is 1.15. The highest BCUT2D eigenvalue weighted by Crippen LogP contribution is 1.92. The van der Waals surface area contributed by atoms with Gasteiger partial charge in [0.1, 0.15) is 0 Å². The Kier molecular flexibility index (Phi) is 2.07. The average Bonchev–Trinajstić information content (AvgIpc) is 2.13. The van der Waals surface area contributed by atoms with E-state index in [-0.39, 0.29) is 0 Å². The van der Waals surface area contributed by atoms with Crippen molar-refractivity contribution in [3.05, 3.63) is 23.9 Å². The molecule has 0 spiro atoms. The third-order valence-electron chi connectivity index (χ3n) is 1.18. The van der Waals surface area contributed by atoms with E-state index in [1.54, 1.807) is 6.21 Å². The van der Waals surface area contributed by atoms with Crippen LogP contribution in [0.1, 0.15) is 0 Å². The molecule has 0 saturated heterocycles. The van der Waals surface area contributed by atoms with Crippen LogP contribution < -0.4 is 5.32 Å². The molecule has 0 amide bonds. The Bertz CT molecular complexity index is 166. The van der Waals surface area contributed by atoms with Gasteiger partial charge in [-0.05, 0) is 12.2 Å². The Labute approximate surface area is 55.0 Å². The van der Waals surface area contributed by atoms with Gasteiger partial charge in [-0.3, -0.25) is 4.99 Å². The molecule has 0 aromatic rings. The van der Waals surface area contributed by atoms with Crippen LogP contribution in [0.4, 0.5) is 0 Å². The summed E-state index contributed by atoms with van der Waals surface area (Å²) in [5, 5.41) is 3.04. The van der Waals surface area contributed by atoms with Crippen LogP contribution in [0.15, 0.2) is 28.9 Å². The Hall–Kier alpha value is -1.05. The summed E-state index contributed by atoms with van der Waals surface area (Å²) in [5.74, 6) is 0. The molecule has 1 heterocycles. The molecule has 2 nitrogen and oxygen atoms in total. The van der Waals surface area contributed by atoms with E-state index < -0.39 is 0 Å². The van der Waals surface area contributed by atoms with Crippen LogP contribution in [-0.4, -0.2) is 19.8 Å². The van der Waals surface area contributed by atoms with Gasteiger partial charge in [-0.2, -0.15) is 0 Å². The molecule has 9 heavy (non-hydrogen) atoms. The first-order valence-corrected chi connectivity index (χ1v) is 2.97. The summed E-state index contributed by atoms with van der Waals surface area (Å²) in [7, 11) is 1.90. The van der Waals surface area contributed by atoms with E-state index in [4.69, 9.17) is 0 Å². The van der Waals surface area contributed by atoms with Crippen molar-refractivity contribution in [3.8, 4) is 0 Å². The zero-order valence-corrected chi connectivity index (χ0v) is 5.46. The maximum Gasteiger partial charge on any atom is 0.0786 e. The molecule has 1 rings (SSSR count). The van der Waals surface area contributed by atoms with E-state index in [2.05, 4.69) is 10.3 Å². The van der Waals surface area contributed by atoms with Crippen molar-refractivity contribution in [1.82, 2.24) is 5.32 Å². The normalized spacial score (nSPS) is 16.8. The number of nitrogens with zero attached hydrogens (tertiary/aromatic N) is 1. The van der Waals surface area contributed by atoms with Gasteiger partial charge in [0.25, 0.3) is 0 Å². The zero-order chi connectivity index (χ0) is 6.53. The molecule has 1 aliphatic heterocycles. The van der Waals surface area contributed by atoms with Gasteiger partial charge in [-0.1, -0.05) is 6.08 Å². The first-order chi connectivity index (χ1) is 4.43. The number of likely N-dealkylation sites (N-methyl/N-ethyl adjacent to an activating group) is 1. The number of rotatable bonds is 1. The highest BCUT2D eigenvalue weighted by molar-refractivity contribution is 5.72. The Balaban J connectivity index is 2.62. The summed E-state index contributed by atoms with van der Waals surface area (Å²) >= 11 is 0. The van der Waals surface area contributed by atoms with Crippen LogP contribution in [-0.2, 0) is 0 Å². The summed E-state index contributed by atoms with van der Waals surface area (Å²) in [6.45, 7) is 0.767. The lowest BCUT2D eigenvalue weighted by atomic mass is 10.4. The van der Waals surface area contributed by atoms with E-state index in [1.165, 1.54) is 0 Å². The second-order valence-corrected chi connectivity index (χ2v) is 1.82. The van der Waals surface area contributed by atoms with Gasteiger partial charge in [0.05, 0.1) is 6.54 Å². The SMILES string of the molecule is CNC1=CC=CC=NC1. The molecule has 0 bridgehead atoms. The molecule has 0 atom stereocenters. The van der Waals surface area contributed by atoms with E-state index >= 15 is 0 Å². The highest BCUT2D eigenvalue weighted by atomic mass is 14.9. The monoisotopic (exact) mass is 122 g/mol. The third kappa shape index (κ3) is 1.72. The molecular formula is C7H10N2. The number of hydrogen-bond acceptors (Lipinski definition) is 2. The second-order valence-electron chi connectivity index (χ2n) is 1.82. The Morgan fingerprint density at radius 2 is 2.44 bits per heavy atom. The first kappa shape index (κ1) is 6.08. The van der Waals surface area contributed by atoms with Gasteiger partial charge in [-0.25, -0.2) is 0 Å². The lowest BCUT2D eigenvalue weighted by Gasteiger charge is -1.98. The van der Waals surface area contributed by atoms with Crippen molar-refractivity contribution in [2.45, 2.75) is 0 Å². The molecule has 1 N–H and O–H groups in total. The molecule has 0 unspecified atom stereocenters. The third-order valence-corrected chi connectivity index (χ3v) is 1.18. The molecule has 0 radical (unpaired) electrons. The number of hydrogen-bond donors (Lipinski definition) is 1. The summed E-state index contributed by atoms with van der Waals surface area (Å²) in [6.07, 6.45) is 7.72. The minimum Gasteiger partial charge on any atom is -0.390 e. The predicted molar refractivity (Wildman–Crippen MR) is 39.6 cm³/mol. The molecule has 0 aromatic heterocycles. The topological polar surface area (TPSA) is 24.4 Å². The number of allylic oxidation sites excluding steroid dienone is 3. The first-order valence-electron chi connectivity index (χ1n) is 2.97. The van der Waals surface area contributed by atoms with Gasteiger partial charge in [0.15, 0.2) is 0 Å². The molecule has 1 aliphatic rings. The van der Waals surface area contributed by atoms with Gasteiger partial charge < -0.3 is 5.32 Å². The lowest BCUT2D eigenvalue weighted by Crippen LogP contribution is -2.07. The van der Waals surface area contributed by atoms with Crippen molar-refractivity contribution in [2.24, 2.45) is 4.99 Å². The minimum absolute atomic E-state index is 0.767. The minimum atomic E-state index is 0.767. The predicted octanol–water partition coefficient (Wildman–Crippen LogP) is 0.730. The van der Waals surface area contributed by atoms with Crippen molar-refractivity contribution >= 4 is 6.21 Å². The van der Waals surface area contributed by atoms with Crippen LogP contribution in [0.3, 0.4) is 0 Å². The molecule has 2 heteroatoms. The van der Waals surface area contributed by atoms with E-state index in [9.17, 15) is 0 Å². The van der Waals surface area contributed by atoms with Crippen molar-refractivity contribution < 1.29 is 0 Å². The van der Waals surface area contributed by atoms with Crippen molar-refractivity contribution in [1.29, 1.82) is 0 Å². The standard InChI is InChI=1S/C7H10N2/c1-8-7-4-2-3-5-9-6-7/h2-5,8H,6H2,1H3. The number of aliphatic imine (C=N–C) groups is 1. The van der Waals surface area contributed by atoms with Gasteiger partial charge >= 0.3 is 0 Å². The molecule has 0 fully saturated rings. The van der Waals surface area contributed by atoms with Crippen LogP contribution >= 0.6 is 0 Å². The van der Waals surface area contributed by atoms with E-state index in [0.29, 0.717) is 0 Å². The highest BCUT2D eigenvalue weighted by Gasteiger charge is 1.88.